The first-order valence-corrected chi connectivity index (χ1v) is 4.16. The van der Waals surface area contributed by atoms with Crippen LogP contribution in [0.5, 0.6) is 0 Å². The third-order valence-corrected chi connectivity index (χ3v) is 2.37. The molecule has 1 N–H and O–H groups in total. The molecule has 2 nitrogen and oxygen atoms in total. The van der Waals surface area contributed by atoms with Crippen molar-refractivity contribution in [3.05, 3.63) is 0 Å². The summed E-state index contributed by atoms with van der Waals surface area (Å²) in [7, 11) is 0. The van der Waals surface area contributed by atoms with E-state index in [1.807, 2.05) is 6.92 Å². The van der Waals surface area contributed by atoms with Crippen molar-refractivity contribution in [1.82, 2.24) is 4.90 Å². The molecule has 0 aliphatic carbocycles. The van der Waals surface area contributed by atoms with Gasteiger partial charge in [0.1, 0.15) is 0 Å². The maximum absolute atomic E-state index is 9.27. The molecule has 0 aromatic carbocycles. The average molecular weight is 143 g/mol. The van der Waals surface area contributed by atoms with Gasteiger partial charge in [0.2, 0.25) is 0 Å². The number of hydrogen-bond donors (Lipinski definition) is 1. The van der Waals surface area contributed by atoms with Crippen LogP contribution in [0.3, 0.4) is 0 Å². The van der Waals surface area contributed by atoms with E-state index in [0.717, 1.165) is 13.0 Å². The lowest BCUT2D eigenvalue weighted by atomic mass is 10.0. The number of β-amino-alcohol motifs (C(OH)–C–C–N with tert-alkyl or cyclic N) is 1. The molecule has 1 aliphatic rings. The summed E-state index contributed by atoms with van der Waals surface area (Å²) in [4.78, 5) is 2.33. The fourth-order valence-corrected chi connectivity index (χ4v) is 1.24. The first kappa shape index (κ1) is 8.02. The Morgan fingerprint density at radius 1 is 1.70 bits per heavy atom. The van der Waals surface area contributed by atoms with Gasteiger partial charge in [0.25, 0.3) is 0 Å². The lowest BCUT2D eigenvalue weighted by Crippen LogP contribution is -2.48. The van der Waals surface area contributed by atoms with Crippen LogP contribution in [0.2, 0.25) is 0 Å². The topological polar surface area (TPSA) is 23.5 Å². The highest BCUT2D eigenvalue weighted by Crippen LogP contribution is 2.16. The van der Waals surface area contributed by atoms with Crippen LogP contribution in [0.1, 0.15) is 26.7 Å². The van der Waals surface area contributed by atoms with E-state index in [2.05, 4.69) is 11.8 Å². The predicted octanol–water partition coefficient (Wildman–Crippen LogP) is 0.852. The zero-order valence-corrected chi connectivity index (χ0v) is 6.88. The number of likely N-dealkylation sites (tertiary alicyclic amines) is 1. The van der Waals surface area contributed by atoms with Crippen molar-refractivity contribution in [3.8, 4) is 0 Å². The van der Waals surface area contributed by atoms with Crippen LogP contribution in [-0.2, 0) is 0 Å². The van der Waals surface area contributed by atoms with Crippen molar-refractivity contribution in [3.63, 3.8) is 0 Å². The molecule has 0 aromatic heterocycles. The summed E-state index contributed by atoms with van der Waals surface area (Å²) in [5, 5.41) is 9.27. The van der Waals surface area contributed by atoms with E-state index >= 15 is 0 Å². The van der Waals surface area contributed by atoms with Crippen LogP contribution in [-0.4, -0.2) is 35.2 Å². The summed E-state index contributed by atoms with van der Waals surface area (Å²) >= 11 is 0. The Kier molecular flexibility index (Phi) is 2.69. The molecule has 10 heavy (non-hydrogen) atoms. The molecule has 1 saturated heterocycles. The molecule has 0 aromatic rings. The molecule has 0 spiro atoms. The van der Waals surface area contributed by atoms with Crippen LogP contribution >= 0.6 is 0 Å². The summed E-state index contributed by atoms with van der Waals surface area (Å²) < 4.78 is 0. The Labute approximate surface area is 62.8 Å². The second-order valence-electron chi connectivity index (χ2n) is 3.19. The van der Waals surface area contributed by atoms with Gasteiger partial charge in [-0.25, -0.2) is 0 Å². The molecule has 0 amide bonds. The maximum Gasteiger partial charge on any atom is 0.0664 e. The highest BCUT2D eigenvalue weighted by molar-refractivity contribution is 4.79. The third kappa shape index (κ3) is 1.70. The van der Waals surface area contributed by atoms with Gasteiger partial charge in [-0.15, -0.1) is 0 Å². The van der Waals surface area contributed by atoms with E-state index in [1.165, 1.54) is 13.0 Å². The second-order valence-corrected chi connectivity index (χ2v) is 3.19. The number of aliphatic hydroxyl groups excluding tert-OH is 1. The van der Waals surface area contributed by atoms with Gasteiger partial charge in [-0.05, 0) is 26.3 Å². The van der Waals surface area contributed by atoms with Crippen molar-refractivity contribution in [2.24, 2.45) is 0 Å². The normalized spacial score (nSPS) is 29.7. The number of nitrogens with zero attached hydrogens (tertiary/aromatic N) is 1. The van der Waals surface area contributed by atoms with Crippen molar-refractivity contribution in [2.75, 3.05) is 13.1 Å². The SMILES string of the molecule is CCC(O)CN1CCC1C. The largest absolute Gasteiger partial charge is 0.392 e. The summed E-state index contributed by atoms with van der Waals surface area (Å²) in [6.07, 6.45) is 2.07. The van der Waals surface area contributed by atoms with Crippen molar-refractivity contribution < 1.29 is 5.11 Å². The maximum atomic E-state index is 9.27. The smallest absolute Gasteiger partial charge is 0.0664 e. The molecule has 0 bridgehead atoms. The van der Waals surface area contributed by atoms with E-state index < -0.39 is 0 Å². The molecule has 1 heterocycles. The molecule has 2 heteroatoms. The highest BCUT2D eigenvalue weighted by Gasteiger charge is 2.24. The number of aliphatic hydroxyl groups is 1. The van der Waals surface area contributed by atoms with Gasteiger partial charge in [0.05, 0.1) is 6.10 Å². The molecule has 0 saturated carbocycles. The first-order chi connectivity index (χ1) is 4.74. The Morgan fingerprint density at radius 2 is 2.40 bits per heavy atom. The highest BCUT2D eigenvalue weighted by atomic mass is 16.3. The molecule has 0 radical (unpaired) electrons. The minimum absolute atomic E-state index is 0.109. The molecular formula is C8H17NO. The Balaban J connectivity index is 2.12. The average Bonchev–Trinajstić information content (AvgIpc) is 1.96. The van der Waals surface area contributed by atoms with Crippen molar-refractivity contribution in [2.45, 2.75) is 38.8 Å². The molecule has 2 atom stereocenters. The fourth-order valence-electron chi connectivity index (χ4n) is 1.24. The van der Waals surface area contributed by atoms with E-state index in [4.69, 9.17) is 0 Å². The lowest BCUT2D eigenvalue weighted by Gasteiger charge is -2.39. The Hall–Kier alpha value is -0.0800. The van der Waals surface area contributed by atoms with E-state index in [0.29, 0.717) is 6.04 Å². The quantitative estimate of drug-likeness (QED) is 0.633. The third-order valence-electron chi connectivity index (χ3n) is 2.37. The van der Waals surface area contributed by atoms with E-state index in [1.54, 1.807) is 0 Å². The first-order valence-electron chi connectivity index (χ1n) is 4.16. The van der Waals surface area contributed by atoms with Gasteiger partial charge >= 0.3 is 0 Å². The predicted molar refractivity (Wildman–Crippen MR) is 41.9 cm³/mol. The van der Waals surface area contributed by atoms with Gasteiger partial charge < -0.3 is 5.11 Å². The zero-order chi connectivity index (χ0) is 7.56. The second kappa shape index (κ2) is 3.35. The van der Waals surface area contributed by atoms with E-state index in [9.17, 15) is 5.11 Å². The van der Waals surface area contributed by atoms with Crippen molar-refractivity contribution in [1.29, 1.82) is 0 Å². The Morgan fingerprint density at radius 3 is 2.70 bits per heavy atom. The monoisotopic (exact) mass is 143 g/mol. The fraction of sp³-hybridized carbons (Fsp3) is 1.00. The molecule has 2 unspecified atom stereocenters. The van der Waals surface area contributed by atoms with Gasteiger partial charge in [-0.2, -0.15) is 0 Å². The summed E-state index contributed by atoms with van der Waals surface area (Å²) in [5.41, 5.74) is 0. The number of rotatable bonds is 3. The van der Waals surface area contributed by atoms with Crippen molar-refractivity contribution >= 4 is 0 Å². The van der Waals surface area contributed by atoms with Gasteiger partial charge in [-0.3, -0.25) is 4.90 Å². The lowest BCUT2D eigenvalue weighted by molar-refractivity contribution is 0.0382. The van der Waals surface area contributed by atoms with Crippen LogP contribution in [0.15, 0.2) is 0 Å². The minimum Gasteiger partial charge on any atom is -0.392 e. The van der Waals surface area contributed by atoms with Crippen LogP contribution in [0, 0.1) is 0 Å². The van der Waals surface area contributed by atoms with Crippen LogP contribution in [0.25, 0.3) is 0 Å². The van der Waals surface area contributed by atoms with Gasteiger partial charge in [-0.1, -0.05) is 6.92 Å². The van der Waals surface area contributed by atoms with Crippen LogP contribution < -0.4 is 0 Å². The molecule has 1 fully saturated rings. The summed E-state index contributed by atoms with van der Waals surface area (Å²) in [6.45, 7) is 6.29. The number of hydrogen-bond acceptors (Lipinski definition) is 2. The molecule has 60 valence electrons. The Bertz CT molecular complexity index is 105. The zero-order valence-electron chi connectivity index (χ0n) is 6.88. The summed E-state index contributed by atoms with van der Waals surface area (Å²) in [6, 6.07) is 0.709. The summed E-state index contributed by atoms with van der Waals surface area (Å²) in [5.74, 6) is 0. The minimum atomic E-state index is -0.109. The molecule has 1 rings (SSSR count). The standard InChI is InChI=1S/C8H17NO/c1-3-8(10)6-9-5-4-7(9)2/h7-8,10H,3-6H2,1-2H3. The van der Waals surface area contributed by atoms with Crippen LogP contribution in [0.4, 0.5) is 0 Å². The van der Waals surface area contributed by atoms with Gasteiger partial charge in [0, 0.05) is 12.6 Å². The van der Waals surface area contributed by atoms with Gasteiger partial charge in [0.15, 0.2) is 0 Å². The molecular weight excluding hydrogens is 126 g/mol. The van der Waals surface area contributed by atoms with E-state index in [-0.39, 0.29) is 6.10 Å². The molecule has 1 aliphatic heterocycles.